The molecule has 8 nitrogen and oxygen atoms in total. The second-order valence-corrected chi connectivity index (χ2v) is 8.19. The number of rotatable bonds is 8. The zero-order chi connectivity index (χ0) is 21.5. The summed E-state index contributed by atoms with van der Waals surface area (Å²) in [6.07, 6.45) is -0.779. The summed E-state index contributed by atoms with van der Waals surface area (Å²) in [5, 5.41) is 14.7. The summed E-state index contributed by atoms with van der Waals surface area (Å²) in [5.41, 5.74) is -1.30. The molecule has 1 unspecified atom stereocenters. The Hall–Kier alpha value is -2.32. The van der Waals surface area contributed by atoms with Crippen LogP contribution in [0.5, 0.6) is 0 Å². The summed E-state index contributed by atoms with van der Waals surface area (Å²) in [5.74, 6) is -1.93. The van der Waals surface area contributed by atoms with Crippen molar-refractivity contribution in [1.29, 1.82) is 0 Å². The Morgan fingerprint density at radius 3 is 2.18 bits per heavy atom. The van der Waals surface area contributed by atoms with Crippen molar-refractivity contribution >= 4 is 29.6 Å². The number of benzene rings is 1. The highest BCUT2D eigenvalue weighted by molar-refractivity contribution is 6.30. The van der Waals surface area contributed by atoms with Crippen LogP contribution >= 0.6 is 11.6 Å². The van der Waals surface area contributed by atoms with E-state index < -0.39 is 35.2 Å². The predicted molar refractivity (Wildman–Crippen MR) is 104 cm³/mol. The third-order valence-corrected chi connectivity index (χ3v) is 3.70. The molecule has 0 aliphatic rings. The van der Waals surface area contributed by atoms with Crippen LogP contribution < -0.4 is 10.6 Å². The van der Waals surface area contributed by atoms with E-state index in [4.69, 9.17) is 21.1 Å². The first-order valence-electron chi connectivity index (χ1n) is 8.67. The van der Waals surface area contributed by atoms with Crippen LogP contribution in [0.15, 0.2) is 24.3 Å². The van der Waals surface area contributed by atoms with Crippen LogP contribution in [0, 0.1) is 0 Å². The van der Waals surface area contributed by atoms with E-state index in [-0.39, 0.29) is 13.2 Å². The lowest BCUT2D eigenvalue weighted by molar-refractivity contribution is -0.144. The van der Waals surface area contributed by atoms with Crippen LogP contribution in [0.3, 0.4) is 0 Å². The Labute approximate surface area is 169 Å². The molecular weight excluding hydrogens is 388 g/mol. The Kier molecular flexibility index (Phi) is 8.26. The Morgan fingerprint density at radius 1 is 1.11 bits per heavy atom. The van der Waals surface area contributed by atoms with Gasteiger partial charge in [-0.05, 0) is 52.3 Å². The number of hydrogen-bond donors (Lipinski definition) is 3. The number of halogens is 1. The summed E-state index contributed by atoms with van der Waals surface area (Å²) in [7, 11) is 0. The van der Waals surface area contributed by atoms with Crippen LogP contribution in [-0.4, -0.2) is 46.9 Å². The van der Waals surface area contributed by atoms with Gasteiger partial charge in [-0.15, -0.1) is 0 Å². The smallest absolute Gasteiger partial charge is 0.408 e. The minimum absolute atomic E-state index is 0.163. The van der Waals surface area contributed by atoms with E-state index in [0.29, 0.717) is 5.02 Å². The quantitative estimate of drug-likeness (QED) is 0.602. The van der Waals surface area contributed by atoms with E-state index in [1.807, 2.05) is 0 Å². The van der Waals surface area contributed by atoms with Crippen LogP contribution in [-0.2, 0) is 25.7 Å². The second kappa shape index (κ2) is 9.75. The molecule has 3 N–H and O–H groups in total. The van der Waals surface area contributed by atoms with Crippen LogP contribution in [0.1, 0.15) is 40.2 Å². The fourth-order valence-electron chi connectivity index (χ4n) is 2.00. The number of ether oxygens (including phenoxy) is 2. The number of nitrogens with one attached hydrogen (secondary N) is 2. The number of hydrogen-bond acceptors (Lipinski definition) is 5. The van der Waals surface area contributed by atoms with Crippen LogP contribution in [0.4, 0.5) is 4.79 Å². The standard InChI is InChI=1S/C19H27ClN2O6/c1-18(2,3)28-17(26)22-19(4,5)16(25)21-14(15(23)24)11-27-10-12-6-8-13(20)9-7-12/h6-9,14H,10-11H2,1-5H3,(H,21,25)(H,22,26)(H,23,24). The van der Waals surface area contributed by atoms with Crippen molar-refractivity contribution in [3.05, 3.63) is 34.9 Å². The lowest BCUT2D eigenvalue weighted by atomic mass is 10.0. The predicted octanol–water partition coefficient (Wildman–Crippen LogP) is 2.73. The van der Waals surface area contributed by atoms with Gasteiger partial charge in [0, 0.05) is 5.02 Å². The van der Waals surface area contributed by atoms with Crippen molar-refractivity contribution < 1.29 is 29.0 Å². The molecule has 0 aliphatic heterocycles. The number of carboxylic acids is 1. The third-order valence-electron chi connectivity index (χ3n) is 3.45. The normalized spacial score (nSPS) is 12.8. The van der Waals surface area contributed by atoms with Crippen molar-refractivity contribution in [3.8, 4) is 0 Å². The van der Waals surface area contributed by atoms with Gasteiger partial charge in [-0.3, -0.25) is 4.79 Å². The maximum Gasteiger partial charge on any atom is 0.408 e. The highest BCUT2D eigenvalue weighted by Crippen LogP contribution is 2.11. The summed E-state index contributed by atoms with van der Waals surface area (Å²) in [6, 6.07) is 5.62. The van der Waals surface area contributed by atoms with E-state index >= 15 is 0 Å². The number of alkyl carbamates (subject to hydrolysis) is 1. The van der Waals surface area contributed by atoms with Gasteiger partial charge in [0.25, 0.3) is 0 Å². The molecule has 0 spiro atoms. The molecule has 0 saturated heterocycles. The number of amides is 2. The maximum absolute atomic E-state index is 12.4. The lowest BCUT2D eigenvalue weighted by Gasteiger charge is -2.28. The summed E-state index contributed by atoms with van der Waals surface area (Å²) in [6.45, 7) is 7.89. The molecule has 0 saturated carbocycles. The molecule has 0 aromatic heterocycles. The first-order chi connectivity index (χ1) is 12.8. The zero-order valence-electron chi connectivity index (χ0n) is 16.7. The minimum atomic E-state index is -1.38. The lowest BCUT2D eigenvalue weighted by Crippen LogP contribution is -2.59. The molecule has 0 fully saturated rings. The van der Waals surface area contributed by atoms with Gasteiger partial charge in [0.05, 0.1) is 13.2 Å². The molecule has 28 heavy (non-hydrogen) atoms. The maximum atomic E-state index is 12.4. The van der Waals surface area contributed by atoms with Gasteiger partial charge in [-0.2, -0.15) is 0 Å². The van der Waals surface area contributed by atoms with Crippen molar-refractivity contribution in [2.45, 2.75) is 58.4 Å². The summed E-state index contributed by atoms with van der Waals surface area (Å²) < 4.78 is 10.5. The molecule has 2 amide bonds. The molecule has 0 heterocycles. The average molecular weight is 415 g/mol. The van der Waals surface area contributed by atoms with Gasteiger partial charge in [0.1, 0.15) is 11.1 Å². The largest absolute Gasteiger partial charge is 0.480 e. The Morgan fingerprint density at radius 2 is 1.68 bits per heavy atom. The molecule has 1 atom stereocenters. The minimum Gasteiger partial charge on any atom is -0.480 e. The van der Waals surface area contributed by atoms with Crippen molar-refractivity contribution in [1.82, 2.24) is 10.6 Å². The Balaban J connectivity index is 2.61. The summed E-state index contributed by atoms with van der Waals surface area (Å²) >= 11 is 5.80. The average Bonchev–Trinajstić information content (AvgIpc) is 2.52. The van der Waals surface area contributed by atoms with Gasteiger partial charge >= 0.3 is 12.1 Å². The highest BCUT2D eigenvalue weighted by atomic mass is 35.5. The highest BCUT2D eigenvalue weighted by Gasteiger charge is 2.34. The fourth-order valence-corrected chi connectivity index (χ4v) is 2.13. The second-order valence-electron chi connectivity index (χ2n) is 7.76. The van der Waals surface area contributed by atoms with Crippen molar-refractivity contribution in [3.63, 3.8) is 0 Å². The number of carboxylic acid groups (broad SMARTS) is 1. The molecule has 0 bridgehead atoms. The molecule has 0 aliphatic carbocycles. The van der Waals surface area contributed by atoms with Gasteiger partial charge in [-0.1, -0.05) is 23.7 Å². The monoisotopic (exact) mass is 414 g/mol. The molecule has 1 rings (SSSR count). The molecular formula is C19H27ClN2O6. The van der Waals surface area contributed by atoms with Crippen molar-refractivity contribution in [2.75, 3.05) is 6.61 Å². The number of carbonyl (C=O) groups excluding carboxylic acids is 2. The van der Waals surface area contributed by atoms with Crippen LogP contribution in [0.25, 0.3) is 0 Å². The topological polar surface area (TPSA) is 114 Å². The van der Waals surface area contributed by atoms with Gasteiger partial charge in [0.15, 0.2) is 6.04 Å². The number of aliphatic carboxylic acids is 1. The van der Waals surface area contributed by atoms with E-state index in [0.717, 1.165) is 5.56 Å². The third kappa shape index (κ3) is 8.58. The SMILES string of the molecule is CC(C)(C)OC(=O)NC(C)(C)C(=O)NC(COCc1ccc(Cl)cc1)C(=O)O. The van der Waals surface area contributed by atoms with E-state index in [1.165, 1.54) is 13.8 Å². The molecule has 0 radical (unpaired) electrons. The fraction of sp³-hybridized carbons (Fsp3) is 0.526. The van der Waals surface area contributed by atoms with Gasteiger partial charge < -0.3 is 25.2 Å². The zero-order valence-corrected chi connectivity index (χ0v) is 17.4. The molecule has 156 valence electrons. The van der Waals surface area contributed by atoms with Crippen molar-refractivity contribution in [2.24, 2.45) is 0 Å². The van der Waals surface area contributed by atoms with E-state index in [1.54, 1.807) is 45.0 Å². The Bertz CT molecular complexity index is 697. The van der Waals surface area contributed by atoms with E-state index in [2.05, 4.69) is 10.6 Å². The first kappa shape index (κ1) is 23.7. The first-order valence-corrected chi connectivity index (χ1v) is 9.05. The summed E-state index contributed by atoms with van der Waals surface area (Å²) in [4.78, 5) is 35.8. The van der Waals surface area contributed by atoms with Gasteiger partial charge in [-0.25, -0.2) is 9.59 Å². The van der Waals surface area contributed by atoms with E-state index in [9.17, 15) is 19.5 Å². The number of carbonyl (C=O) groups is 3. The van der Waals surface area contributed by atoms with Gasteiger partial charge in [0.2, 0.25) is 5.91 Å². The molecule has 1 aromatic carbocycles. The molecule has 1 aromatic rings. The van der Waals surface area contributed by atoms with Crippen LogP contribution in [0.2, 0.25) is 5.02 Å². The molecule has 9 heteroatoms.